The summed E-state index contributed by atoms with van der Waals surface area (Å²) in [7, 11) is 0. The van der Waals surface area contributed by atoms with E-state index < -0.39 is 0 Å². The van der Waals surface area contributed by atoms with Gasteiger partial charge >= 0.3 is 0 Å². The third kappa shape index (κ3) is 2.15. The van der Waals surface area contributed by atoms with Gasteiger partial charge in [-0.25, -0.2) is 9.98 Å². The first-order chi connectivity index (χ1) is 8.93. The summed E-state index contributed by atoms with van der Waals surface area (Å²) in [5, 5.41) is 0. The van der Waals surface area contributed by atoms with E-state index in [1.165, 1.54) is 0 Å². The Kier molecular flexibility index (Phi) is 2.88. The molecule has 1 aliphatic rings. The first-order valence-corrected chi connectivity index (χ1v) is 5.89. The molecule has 0 saturated heterocycles. The minimum atomic E-state index is 0.609. The Bertz CT molecular complexity index is 573. The van der Waals surface area contributed by atoms with Gasteiger partial charge in [0.05, 0.1) is 6.34 Å². The fourth-order valence-electron chi connectivity index (χ4n) is 1.87. The van der Waals surface area contributed by atoms with Crippen LogP contribution in [0.5, 0.6) is 0 Å². The Labute approximate surface area is 106 Å². The number of nitrogens with zero attached hydrogens (tertiary/aromatic N) is 3. The standard InChI is InChI=1S/C15H13N3/c1-3-7-13(8-4-1)15-16-11-18(12-17-15)14-9-5-2-6-10-14/h1-11H,12H2. The third-order valence-corrected chi connectivity index (χ3v) is 2.81. The van der Waals surface area contributed by atoms with Crippen LogP contribution in [0.2, 0.25) is 0 Å². The van der Waals surface area contributed by atoms with Gasteiger partial charge in [0, 0.05) is 11.3 Å². The highest BCUT2D eigenvalue weighted by atomic mass is 15.3. The highest BCUT2D eigenvalue weighted by molar-refractivity contribution is 6.06. The maximum absolute atomic E-state index is 4.50. The normalized spacial score (nSPS) is 14.4. The average Bonchev–Trinajstić information content (AvgIpc) is 2.49. The lowest BCUT2D eigenvalue weighted by Gasteiger charge is -2.20. The number of hydrogen-bond acceptors (Lipinski definition) is 3. The zero-order valence-electron chi connectivity index (χ0n) is 9.90. The van der Waals surface area contributed by atoms with E-state index in [2.05, 4.69) is 22.1 Å². The Balaban J connectivity index is 1.79. The molecule has 88 valence electrons. The van der Waals surface area contributed by atoms with Gasteiger partial charge in [-0.3, -0.25) is 0 Å². The minimum Gasteiger partial charge on any atom is -0.312 e. The molecule has 3 rings (SSSR count). The molecule has 2 aromatic carbocycles. The highest BCUT2D eigenvalue weighted by Crippen LogP contribution is 2.14. The number of anilines is 1. The quantitative estimate of drug-likeness (QED) is 0.786. The molecule has 1 aliphatic heterocycles. The first kappa shape index (κ1) is 10.7. The van der Waals surface area contributed by atoms with E-state index in [4.69, 9.17) is 0 Å². The molecule has 0 radical (unpaired) electrons. The molecule has 0 spiro atoms. The van der Waals surface area contributed by atoms with E-state index in [9.17, 15) is 0 Å². The largest absolute Gasteiger partial charge is 0.312 e. The summed E-state index contributed by atoms with van der Waals surface area (Å²) in [6.07, 6.45) is 1.84. The predicted molar refractivity (Wildman–Crippen MR) is 75.3 cm³/mol. The number of aliphatic imine (C=N–C) groups is 2. The second-order valence-corrected chi connectivity index (χ2v) is 4.04. The second-order valence-electron chi connectivity index (χ2n) is 4.04. The zero-order chi connectivity index (χ0) is 12.2. The molecule has 0 saturated carbocycles. The van der Waals surface area contributed by atoms with Crippen LogP contribution < -0.4 is 4.90 Å². The van der Waals surface area contributed by atoms with E-state index >= 15 is 0 Å². The fraction of sp³-hybridized carbons (Fsp3) is 0.0667. The van der Waals surface area contributed by atoms with Gasteiger partial charge in [0.15, 0.2) is 5.84 Å². The van der Waals surface area contributed by atoms with Crippen molar-refractivity contribution in [2.45, 2.75) is 0 Å². The average molecular weight is 235 g/mol. The van der Waals surface area contributed by atoms with Gasteiger partial charge in [-0.2, -0.15) is 0 Å². The number of rotatable bonds is 2. The summed E-state index contributed by atoms with van der Waals surface area (Å²) >= 11 is 0. The van der Waals surface area contributed by atoms with Crippen molar-refractivity contribution in [2.24, 2.45) is 9.98 Å². The molecule has 0 aliphatic carbocycles. The van der Waals surface area contributed by atoms with Crippen LogP contribution in [-0.2, 0) is 0 Å². The van der Waals surface area contributed by atoms with Crippen LogP contribution in [0.25, 0.3) is 0 Å². The third-order valence-electron chi connectivity index (χ3n) is 2.81. The summed E-state index contributed by atoms with van der Waals surface area (Å²) in [5.41, 5.74) is 2.17. The monoisotopic (exact) mass is 235 g/mol. The van der Waals surface area contributed by atoms with Gasteiger partial charge in [0.2, 0.25) is 0 Å². The summed E-state index contributed by atoms with van der Waals surface area (Å²) in [6, 6.07) is 20.2. The van der Waals surface area contributed by atoms with E-state index in [0.29, 0.717) is 6.67 Å². The molecule has 0 amide bonds. The molecular weight excluding hydrogens is 222 g/mol. The number of para-hydroxylation sites is 1. The molecule has 0 bridgehead atoms. The maximum Gasteiger partial charge on any atom is 0.158 e. The van der Waals surface area contributed by atoms with Crippen LogP contribution in [-0.4, -0.2) is 18.8 Å². The van der Waals surface area contributed by atoms with Crippen molar-refractivity contribution >= 4 is 17.9 Å². The van der Waals surface area contributed by atoms with Gasteiger partial charge in [0.1, 0.15) is 6.67 Å². The summed E-state index contributed by atoms with van der Waals surface area (Å²) in [4.78, 5) is 10.9. The molecule has 2 aromatic rings. The Hall–Kier alpha value is -2.42. The molecule has 18 heavy (non-hydrogen) atoms. The van der Waals surface area contributed by atoms with E-state index in [0.717, 1.165) is 17.1 Å². The molecule has 3 nitrogen and oxygen atoms in total. The fourth-order valence-corrected chi connectivity index (χ4v) is 1.87. The molecule has 0 atom stereocenters. The Morgan fingerprint density at radius 2 is 1.50 bits per heavy atom. The van der Waals surface area contributed by atoms with E-state index in [1.54, 1.807) is 0 Å². The van der Waals surface area contributed by atoms with Crippen molar-refractivity contribution in [2.75, 3.05) is 11.6 Å². The smallest absolute Gasteiger partial charge is 0.158 e. The van der Waals surface area contributed by atoms with Crippen molar-refractivity contribution < 1.29 is 0 Å². The highest BCUT2D eigenvalue weighted by Gasteiger charge is 2.09. The van der Waals surface area contributed by atoms with Crippen LogP contribution in [0, 0.1) is 0 Å². The van der Waals surface area contributed by atoms with Crippen molar-refractivity contribution in [3.63, 3.8) is 0 Å². The van der Waals surface area contributed by atoms with E-state index in [-0.39, 0.29) is 0 Å². The lowest BCUT2D eigenvalue weighted by atomic mass is 10.2. The Morgan fingerprint density at radius 1 is 0.833 bits per heavy atom. The van der Waals surface area contributed by atoms with Gasteiger partial charge in [-0.15, -0.1) is 0 Å². The van der Waals surface area contributed by atoms with Crippen LogP contribution >= 0.6 is 0 Å². The zero-order valence-corrected chi connectivity index (χ0v) is 9.90. The number of amidine groups is 1. The predicted octanol–water partition coefficient (Wildman–Crippen LogP) is 2.94. The van der Waals surface area contributed by atoms with Crippen molar-refractivity contribution in [3.05, 3.63) is 66.2 Å². The van der Waals surface area contributed by atoms with Crippen LogP contribution in [0.1, 0.15) is 5.56 Å². The molecule has 1 heterocycles. The van der Waals surface area contributed by atoms with Crippen molar-refractivity contribution in [1.82, 2.24) is 0 Å². The van der Waals surface area contributed by atoms with Gasteiger partial charge in [0.25, 0.3) is 0 Å². The van der Waals surface area contributed by atoms with Crippen molar-refractivity contribution in [1.29, 1.82) is 0 Å². The SMILES string of the molecule is C1=NC(c2ccccc2)=NCN1c1ccccc1. The lowest BCUT2D eigenvalue weighted by Crippen LogP contribution is -2.26. The van der Waals surface area contributed by atoms with E-state index in [1.807, 2.05) is 59.8 Å². The molecule has 0 aromatic heterocycles. The Morgan fingerprint density at radius 3 is 2.11 bits per heavy atom. The van der Waals surface area contributed by atoms with Crippen LogP contribution in [0.4, 0.5) is 5.69 Å². The summed E-state index contributed by atoms with van der Waals surface area (Å²) < 4.78 is 0. The second kappa shape index (κ2) is 4.84. The van der Waals surface area contributed by atoms with Gasteiger partial charge < -0.3 is 4.90 Å². The molecular formula is C15H13N3. The summed E-state index contributed by atoms with van der Waals surface area (Å²) in [5.74, 6) is 0.794. The molecule has 3 heteroatoms. The van der Waals surface area contributed by atoms with Gasteiger partial charge in [-0.1, -0.05) is 48.5 Å². The van der Waals surface area contributed by atoms with Crippen molar-refractivity contribution in [3.8, 4) is 0 Å². The molecule has 0 fully saturated rings. The summed E-state index contributed by atoms with van der Waals surface area (Å²) in [6.45, 7) is 0.609. The number of benzene rings is 2. The first-order valence-electron chi connectivity index (χ1n) is 5.89. The lowest BCUT2D eigenvalue weighted by molar-refractivity contribution is 1.00. The topological polar surface area (TPSA) is 28.0 Å². The molecule has 0 N–H and O–H groups in total. The van der Waals surface area contributed by atoms with Gasteiger partial charge in [-0.05, 0) is 12.1 Å². The van der Waals surface area contributed by atoms with Crippen LogP contribution in [0.3, 0.4) is 0 Å². The van der Waals surface area contributed by atoms with Crippen LogP contribution in [0.15, 0.2) is 70.6 Å². The number of hydrogen-bond donors (Lipinski definition) is 0. The minimum absolute atomic E-state index is 0.609. The maximum atomic E-state index is 4.50. The molecule has 0 unspecified atom stereocenters.